The first-order valence-corrected chi connectivity index (χ1v) is 2.66. The molecular weight excluding hydrogens is 120 g/mol. The van der Waals surface area contributed by atoms with Crippen LogP contribution in [0, 0.1) is 0 Å². The normalized spacial score (nSPS) is 11.1. The van der Waals surface area contributed by atoms with Gasteiger partial charge in [0.05, 0.1) is 6.54 Å². The molecule has 4 N–H and O–H groups in total. The molecule has 0 aromatic carbocycles. The highest BCUT2D eigenvalue weighted by atomic mass is 16.6. The van der Waals surface area contributed by atoms with Gasteiger partial charge in [-0.15, -0.1) is 0 Å². The Kier molecular flexibility index (Phi) is 2.61. The van der Waals surface area contributed by atoms with E-state index in [2.05, 4.69) is 4.74 Å². The van der Waals surface area contributed by atoms with Crippen molar-refractivity contribution >= 4 is 5.97 Å². The van der Waals surface area contributed by atoms with Crippen LogP contribution in [0.15, 0.2) is 0 Å². The number of ether oxygens (including phenoxy) is 1. The number of carbonyl (C=O) groups is 1. The van der Waals surface area contributed by atoms with Gasteiger partial charge in [0, 0.05) is 0 Å². The Balaban J connectivity index is 3.60. The lowest BCUT2D eigenvalue weighted by molar-refractivity contribution is -0.153. The fraction of sp³-hybridized carbons (Fsp3) is 0.800. The van der Waals surface area contributed by atoms with E-state index >= 15 is 0 Å². The highest BCUT2D eigenvalue weighted by Crippen LogP contribution is 1.97. The molecule has 4 heteroatoms. The smallest absolute Gasteiger partial charge is 0.321 e. The zero-order chi connectivity index (χ0) is 7.49. The third-order valence-corrected chi connectivity index (χ3v) is 0.544. The third-order valence-electron chi connectivity index (χ3n) is 0.544. The Hall–Kier alpha value is -0.610. The molecule has 0 saturated heterocycles. The van der Waals surface area contributed by atoms with E-state index in [0.29, 0.717) is 0 Å². The Morgan fingerprint density at radius 3 is 2.22 bits per heavy atom. The van der Waals surface area contributed by atoms with Gasteiger partial charge in [-0.3, -0.25) is 10.5 Å². The average molecular weight is 132 g/mol. The Bertz CT molecular complexity index is 106. The first-order chi connectivity index (χ1) is 3.95. The minimum Gasteiger partial charge on any atom is -0.444 e. The fourth-order valence-corrected chi connectivity index (χ4v) is 0.335. The van der Waals surface area contributed by atoms with E-state index in [1.807, 2.05) is 0 Å². The molecule has 0 aliphatic carbocycles. The summed E-state index contributed by atoms with van der Waals surface area (Å²) < 4.78 is 4.60. The van der Waals surface area contributed by atoms with Crippen LogP contribution in [0.25, 0.3) is 0 Å². The lowest BCUT2D eigenvalue weighted by atomic mass is 10.3. The number of hydrogen-bond donors (Lipinski definition) is 2. The molecule has 0 aromatic heterocycles. The van der Waals surface area contributed by atoms with Crippen molar-refractivity contribution in [2.45, 2.75) is 19.6 Å². The number of nitrogens with two attached hydrogens (primary N) is 2. The topological polar surface area (TPSA) is 78.3 Å². The van der Waals surface area contributed by atoms with Gasteiger partial charge in [-0.1, -0.05) is 0 Å². The first kappa shape index (κ1) is 8.39. The minimum absolute atomic E-state index is 0.124. The van der Waals surface area contributed by atoms with E-state index in [1.54, 1.807) is 13.8 Å². The van der Waals surface area contributed by atoms with E-state index in [4.69, 9.17) is 11.5 Å². The molecule has 54 valence electrons. The molecule has 0 aliphatic rings. The summed E-state index contributed by atoms with van der Waals surface area (Å²) in [7, 11) is 0. The van der Waals surface area contributed by atoms with Crippen LogP contribution in [0.3, 0.4) is 0 Å². The first-order valence-electron chi connectivity index (χ1n) is 2.66. The molecule has 0 fully saturated rings. The maximum atomic E-state index is 10.4. The molecule has 0 saturated carbocycles. The van der Waals surface area contributed by atoms with Crippen molar-refractivity contribution < 1.29 is 9.53 Å². The molecule has 9 heavy (non-hydrogen) atoms. The van der Waals surface area contributed by atoms with Crippen molar-refractivity contribution in [3.8, 4) is 0 Å². The second kappa shape index (κ2) is 2.80. The van der Waals surface area contributed by atoms with Gasteiger partial charge in [-0.05, 0) is 13.8 Å². The van der Waals surface area contributed by atoms with Gasteiger partial charge < -0.3 is 10.5 Å². The maximum Gasteiger partial charge on any atom is 0.321 e. The molecule has 0 aromatic rings. The zero-order valence-corrected chi connectivity index (χ0v) is 5.68. The summed E-state index contributed by atoms with van der Waals surface area (Å²) in [6.07, 6.45) is 0. The molecular formula is C5H12N2O2. The summed E-state index contributed by atoms with van der Waals surface area (Å²) in [4.78, 5) is 10.4. The summed E-state index contributed by atoms with van der Waals surface area (Å²) in [5.74, 6) is -0.484. The summed E-state index contributed by atoms with van der Waals surface area (Å²) in [6, 6.07) is 0. The van der Waals surface area contributed by atoms with Gasteiger partial charge in [0.15, 0.2) is 5.72 Å². The van der Waals surface area contributed by atoms with Crippen molar-refractivity contribution in [2.24, 2.45) is 11.5 Å². The van der Waals surface area contributed by atoms with Crippen LogP contribution < -0.4 is 11.5 Å². The lowest BCUT2D eigenvalue weighted by Gasteiger charge is -2.18. The van der Waals surface area contributed by atoms with Gasteiger partial charge in [0.1, 0.15) is 0 Å². The quantitative estimate of drug-likeness (QED) is 0.380. The van der Waals surface area contributed by atoms with E-state index in [1.165, 1.54) is 0 Å². The van der Waals surface area contributed by atoms with Crippen LogP contribution in [0.4, 0.5) is 0 Å². The summed E-state index contributed by atoms with van der Waals surface area (Å²) in [6.45, 7) is 3.04. The molecule has 0 radical (unpaired) electrons. The summed E-state index contributed by atoms with van der Waals surface area (Å²) in [5, 5.41) is 0. The van der Waals surface area contributed by atoms with Crippen LogP contribution in [-0.2, 0) is 9.53 Å². The highest BCUT2D eigenvalue weighted by Gasteiger charge is 2.14. The molecule has 0 aliphatic heterocycles. The third kappa shape index (κ3) is 5.26. The molecule has 0 amide bonds. The van der Waals surface area contributed by atoms with Crippen LogP contribution >= 0.6 is 0 Å². The van der Waals surface area contributed by atoms with E-state index in [-0.39, 0.29) is 6.54 Å². The van der Waals surface area contributed by atoms with Crippen molar-refractivity contribution in [1.82, 2.24) is 0 Å². The molecule has 0 heterocycles. The Labute approximate surface area is 54.2 Å². The van der Waals surface area contributed by atoms with Gasteiger partial charge in [-0.2, -0.15) is 0 Å². The van der Waals surface area contributed by atoms with Crippen LogP contribution in [0.5, 0.6) is 0 Å². The Morgan fingerprint density at radius 1 is 1.67 bits per heavy atom. The fourth-order valence-electron chi connectivity index (χ4n) is 0.335. The van der Waals surface area contributed by atoms with Gasteiger partial charge >= 0.3 is 5.97 Å². The van der Waals surface area contributed by atoms with Gasteiger partial charge in [-0.25, -0.2) is 0 Å². The zero-order valence-electron chi connectivity index (χ0n) is 5.68. The van der Waals surface area contributed by atoms with Gasteiger partial charge in [0.25, 0.3) is 0 Å². The molecule has 4 nitrogen and oxygen atoms in total. The van der Waals surface area contributed by atoms with E-state index in [9.17, 15) is 4.79 Å². The van der Waals surface area contributed by atoms with E-state index < -0.39 is 11.7 Å². The number of esters is 1. The number of hydrogen-bond acceptors (Lipinski definition) is 4. The van der Waals surface area contributed by atoms with Gasteiger partial charge in [0.2, 0.25) is 0 Å². The van der Waals surface area contributed by atoms with Crippen molar-refractivity contribution in [3.63, 3.8) is 0 Å². The van der Waals surface area contributed by atoms with Crippen LogP contribution in [0.1, 0.15) is 13.8 Å². The molecule has 0 bridgehead atoms. The SMILES string of the molecule is CC(C)(N)OC(=O)CN. The van der Waals surface area contributed by atoms with Crippen molar-refractivity contribution in [1.29, 1.82) is 0 Å². The van der Waals surface area contributed by atoms with E-state index in [0.717, 1.165) is 0 Å². The second-order valence-corrected chi connectivity index (χ2v) is 2.28. The van der Waals surface area contributed by atoms with Crippen LogP contribution in [-0.4, -0.2) is 18.2 Å². The van der Waals surface area contributed by atoms with Crippen molar-refractivity contribution in [2.75, 3.05) is 6.54 Å². The largest absolute Gasteiger partial charge is 0.444 e. The lowest BCUT2D eigenvalue weighted by Crippen LogP contribution is -2.39. The molecule has 0 rings (SSSR count). The predicted octanol–water partition coefficient (Wildman–Crippen LogP) is -0.817. The summed E-state index contributed by atoms with van der Waals surface area (Å²) in [5.41, 5.74) is 9.36. The monoisotopic (exact) mass is 132 g/mol. The van der Waals surface area contributed by atoms with Crippen molar-refractivity contribution in [3.05, 3.63) is 0 Å². The minimum atomic E-state index is -0.906. The standard InChI is InChI=1S/C5H12N2O2/c1-5(2,7)9-4(8)3-6/h3,6-7H2,1-2H3. The molecule has 0 unspecified atom stereocenters. The number of rotatable bonds is 2. The summed E-state index contributed by atoms with van der Waals surface area (Å²) >= 11 is 0. The predicted molar refractivity (Wildman–Crippen MR) is 33.4 cm³/mol. The Morgan fingerprint density at radius 2 is 2.11 bits per heavy atom. The average Bonchev–Trinajstić information content (AvgIpc) is 1.62. The van der Waals surface area contributed by atoms with Crippen LogP contribution in [0.2, 0.25) is 0 Å². The molecule has 0 atom stereocenters. The number of carbonyl (C=O) groups excluding carboxylic acids is 1. The maximum absolute atomic E-state index is 10.4. The highest BCUT2D eigenvalue weighted by molar-refractivity contribution is 5.71. The molecule has 0 spiro atoms. The second-order valence-electron chi connectivity index (χ2n) is 2.28.